The highest BCUT2D eigenvalue weighted by atomic mass is 35.5. The summed E-state index contributed by atoms with van der Waals surface area (Å²) in [5, 5.41) is 3.39. The van der Waals surface area contributed by atoms with Gasteiger partial charge in [0.05, 0.1) is 4.88 Å². The first-order valence-electron chi connectivity index (χ1n) is 8.02. The number of thiophene rings is 1. The van der Waals surface area contributed by atoms with Crippen molar-refractivity contribution in [2.24, 2.45) is 0 Å². The first-order valence-corrected chi connectivity index (χ1v) is 8.84. The van der Waals surface area contributed by atoms with Crippen LogP contribution < -0.4 is 5.32 Å². The number of piperazine rings is 1. The van der Waals surface area contributed by atoms with Crippen LogP contribution >= 0.6 is 23.7 Å². The average molecular weight is 344 g/mol. The minimum absolute atomic E-state index is 0. The van der Waals surface area contributed by atoms with E-state index in [1.807, 2.05) is 0 Å². The molecule has 0 aromatic carbocycles. The van der Waals surface area contributed by atoms with Crippen molar-refractivity contribution >= 4 is 29.7 Å². The van der Waals surface area contributed by atoms with Crippen LogP contribution in [-0.4, -0.2) is 61.0 Å². The largest absolute Gasteiger partial charge is 0.336 e. The summed E-state index contributed by atoms with van der Waals surface area (Å²) in [4.78, 5) is 19.5. The van der Waals surface area contributed by atoms with E-state index in [0.29, 0.717) is 6.04 Å². The van der Waals surface area contributed by atoms with Gasteiger partial charge in [0, 0.05) is 50.2 Å². The van der Waals surface area contributed by atoms with Crippen molar-refractivity contribution in [2.75, 3.05) is 39.3 Å². The molecule has 0 aliphatic carbocycles. The molecule has 1 unspecified atom stereocenters. The third-order valence-corrected chi connectivity index (χ3v) is 6.04. The normalized spacial score (nSPS) is 22.6. The highest BCUT2D eigenvalue weighted by Gasteiger charge is 2.31. The Morgan fingerprint density at radius 2 is 2.09 bits per heavy atom. The minimum atomic E-state index is 0. The average Bonchev–Trinajstić information content (AvgIpc) is 3.14. The van der Waals surface area contributed by atoms with Gasteiger partial charge in [0.15, 0.2) is 0 Å². The lowest BCUT2D eigenvalue weighted by Crippen LogP contribution is -2.49. The molecule has 1 aromatic heterocycles. The molecule has 2 fully saturated rings. The summed E-state index contributed by atoms with van der Waals surface area (Å²) in [5.41, 5.74) is 1.27. The van der Waals surface area contributed by atoms with Gasteiger partial charge in [0.2, 0.25) is 0 Å². The molecule has 0 radical (unpaired) electrons. The van der Waals surface area contributed by atoms with Gasteiger partial charge in [-0.3, -0.25) is 9.69 Å². The van der Waals surface area contributed by atoms with Gasteiger partial charge in [0.25, 0.3) is 5.91 Å². The van der Waals surface area contributed by atoms with Gasteiger partial charge in [-0.05, 0) is 31.4 Å². The summed E-state index contributed by atoms with van der Waals surface area (Å²) in [6.07, 6.45) is 2.14. The first kappa shape index (κ1) is 17.7. The molecule has 0 spiro atoms. The monoisotopic (exact) mass is 343 g/mol. The Bertz CT molecular complexity index is 513. The number of carbonyl (C=O) groups excluding carboxylic acids is 1. The Morgan fingerprint density at radius 3 is 2.73 bits per heavy atom. The number of nitrogens with zero attached hydrogens (tertiary/aromatic N) is 2. The lowest BCUT2D eigenvalue weighted by atomic mass is 10.2. The van der Waals surface area contributed by atoms with Gasteiger partial charge in [-0.25, -0.2) is 0 Å². The van der Waals surface area contributed by atoms with Crippen LogP contribution in [0, 0.1) is 6.92 Å². The predicted octanol–water partition coefficient (Wildman–Crippen LogP) is 2.16. The Morgan fingerprint density at radius 1 is 1.36 bits per heavy atom. The molecule has 4 nitrogen and oxygen atoms in total. The molecule has 124 valence electrons. The Kier molecular flexibility index (Phi) is 6.26. The van der Waals surface area contributed by atoms with E-state index in [4.69, 9.17) is 0 Å². The van der Waals surface area contributed by atoms with Crippen molar-refractivity contribution in [1.29, 1.82) is 0 Å². The zero-order chi connectivity index (χ0) is 14.8. The summed E-state index contributed by atoms with van der Waals surface area (Å²) in [6, 6.07) is 2.63. The van der Waals surface area contributed by atoms with Crippen LogP contribution in [0.5, 0.6) is 0 Å². The van der Waals surface area contributed by atoms with Crippen LogP contribution in [0.4, 0.5) is 0 Å². The number of nitrogens with one attached hydrogen (secondary N) is 1. The molecule has 1 N–H and O–H groups in total. The van der Waals surface area contributed by atoms with E-state index in [2.05, 4.69) is 35.0 Å². The van der Waals surface area contributed by atoms with Gasteiger partial charge in [0.1, 0.15) is 0 Å². The van der Waals surface area contributed by atoms with Crippen molar-refractivity contribution < 1.29 is 4.79 Å². The van der Waals surface area contributed by atoms with Gasteiger partial charge in [-0.2, -0.15) is 0 Å². The van der Waals surface area contributed by atoms with Crippen molar-refractivity contribution in [3.63, 3.8) is 0 Å². The Balaban J connectivity index is 0.00000176. The molecule has 0 saturated carbocycles. The zero-order valence-electron chi connectivity index (χ0n) is 13.4. The number of hydrogen-bond donors (Lipinski definition) is 1. The fraction of sp³-hybridized carbons (Fsp3) is 0.688. The molecule has 2 saturated heterocycles. The summed E-state index contributed by atoms with van der Waals surface area (Å²) in [6.45, 7) is 10.5. The highest BCUT2D eigenvalue weighted by molar-refractivity contribution is 7.14. The lowest BCUT2D eigenvalue weighted by molar-refractivity contribution is 0.0778. The molecule has 6 heteroatoms. The van der Waals surface area contributed by atoms with Crippen molar-refractivity contribution in [3.8, 4) is 0 Å². The SMILES string of the molecule is CCc1sc(C(=O)N2CCC(N3CCNCC3)C2)cc1C.Cl. The number of likely N-dealkylation sites (tertiary alicyclic amines) is 1. The van der Waals surface area contributed by atoms with Gasteiger partial charge >= 0.3 is 0 Å². The second kappa shape index (κ2) is 7.77. The standard InChI is InChI=1S/C16H25N3OS.ClH/c1-3-14-12(2)10-15(21-14)16(20)19-7-4-13(11-19)18-8-5-17-6-9-18;/h10,13,17H,3-9,11H2,1-2H3;1H. The first-order chi connectivity index (χ1) is 10.2. The van der Waals surface area contributed by atoms with Gasteiger partial charge < -0.3 is 10.2 Å². The number of aryl methyl sites for hydroxylation is 2. The molecule has 3 rings (SSSR count). The summed E-state index contributed by atoms with van der Waals surface area (Å²) < 4.78 is 0. The number of amides is 1. The van der Waals surface area contributed by atoms with Gasteiger partial charge in [-0.15, -0.1) is 23.7 Å². The second-order valence-corrected chi connectivity index (χ2v) is 7.19. The fourth-order valence-electron chi connectivity index (χ4n) is 3.40. The summed E-state index contributed by atoms with van der Waals surface area (Å²) >= 11 is 1.68. The van der Waals surface area contributed by atoms with E-state index in [-0.39, 0.29) is 18.3 Å². The molecule has 2 aliphatic rings. The van der Waals surface area contributed by atoms with Gasteiger partial charge in [-0.1, -0.05) is 6.92 Å². The molecular formula is C16H26ClN3OS. The minimum Gasteiger partial charge on any atom is -0.336 e. The van der Waals surface area contributed by atoms with Crippen molar-refractivity contribution in [3.05, 3.63) is 21.4 Å². The zero-order valence-corrected chi connectivity index (χ0v) is 15.1. The molecule has 2 aliphatic heterocycles. The van der Waals surface area contributed by atoms with Crippen LogP contribution in [-0.2, 0) is 6.42 Å². The summed E-state index contributed by atoms with van der Waals surface area (Å²) in [5.74, 6) is 0.237. The molecule has 1 atom stereocenters. The fourth-order valence-corrected chi connectivity index (χ4v) is 4.49. The predicted molar refractivity (Wildman–Crippen MR) is 94.4 cm³/mol. The van der Waals surface area contributed by atoms with E-state index >= 15 is 0 Å². The molecule has 0 bridgehead atoms. The smallest absolute Gasteiger partial charge is 0.263 e. The van der Waals surface area contributed by atoms with E-state index in [1.54, 1.807) is 11.3 Å². The molecule has 1 amide bonds. The molecule has 22 heavy (non-hydrogen) atoms. The maximum absolute atomic E-state index is 12.7. The number of carbonyl (C=O) groups is 1. The second-order valence-electron chi connectivity index (χ2n) is 6.05. The Labute approximate surface area is 143 Å². The number of halogens is 1. The van der Waals surface area contributed by atoms with E-state index in [0.717, 1.165) is 57.0 Å². The highest BCUT2D eigenvalue weighted by Crippen LogP contribution is 2.26. The third kappa shape index (κ3) is 3.65. The van der Waals surface area contributed by atoms with Crippen LogP contribution in [0.2, 0.25) is 0 Å². The van der Waals surface area contributed by atoms with Crippen LogP contribution in [0.25, 0.3) is 0 Å². The number of hydrogen-bond acceptors (Lipinski definition) is 4. The topological polar surface area (TPSA) is 35.6 Å². The van der Waals surface area contributed by atoms with Crippen molar-refractivity contribution in [2.45, 2.75) is 32.7 Å². The van der Waals surface area contributed by atoms with E-state index in [9.17, 15) is 4.79 Å². The van der Waals surface area contributed by atoms with E-state index in [1.165, 1.54) is 10.4 Å². The third-order valence-electron chi connectivity index (χ3n) is 4.67. The molecule has 1 aromatic rings. The van der Waals surface area contributed by atoms with Crippen LogP contribution in [0.1, 0.15) is 33.5 Å². The van der Waals surface area contributed by atoms with Crippen molar-refractivity contribution in [1.82, 2.24) is 15.1 Å². The Hall–Kier alpha value is -0.620. The molecular weight excluding hydrogens is 318 g/mol. The van der Waals surface area contributed by atoms with Crippen LogP contribution in [0.3, 0.4) is 0 Å². The molecule has 3 heterocycles. The van der Waals surface area contributed by atoms with E-state index < -0.39 is 0 Å². The maximum Gasteiger partial charge on any atom is 0.263 e. The lowest BCUT2D eigenvalue weighted by Gasteiger charge is -2.32. The van der Waals surface area contributed by atoms with Crippen LogP contribution in [0.15, 0.2) is 6.07 Å². The summed E-state index contributed by atoms with van der Waals surface area (Å²) in [7, 11) is 0. The maximum atomic E-state index is 12.7. The quantitative estimate of drug-likeness (QED) is 0.913. The number of rotatable bonds is 3.